The highest BCUT2D eigenvalue weighted by Gasteiger charge is 2.36. The average molecular weight is 727 g/mol. The van der Waals surface area contributed by atoms with Gasteiger partial charge in [0.25, 0.3) is 11.5 Å². The predicted molar refractivity (Wildman–Crippen MR) is 200 cm³/mol. The Morgan fingerprint density at radius 1 is 0.941 bits per heavy atom. The van der Waals surface area contributed by atoms with E-state index in [4.69, 9.17) is 28.2 Å². The molecule has 0 radical (unpaired) electrons. The molecule has 1 saturated heterocycles. The average Bonchev–Trinajstić information content (AvgIpc) is 3.14. The van der Waals surface area contributed by atoms with Crippen LogP contribution in [0.2, 0.25) is 10.0 Å². The molecule has 1 atom stereocenters. The number of carbonyl (C=O) groups is 2. The van der Waals surface area contributed by atoms with Gasteiger partial charge in [-0.25, -0.2) is 4.98 Å². The molecule has 5 aromatic rings. The molecule has 1 aliphatic carbocycles. The molecule has 9 nitrogen and oxygen atoms in total. The third kappa shape index (κ3) is 7.81. The van der Waals surface area contributed by atoms with Crippen molar-refractivity contribution in [2.45, 2.75) is 69.9 Å². The fourth-order valence-corrected chi connectivity index (χ4v) is 8.02. The highest BCUT2D eigenvalue weighted by molar-refractivity contribution is 6.36. The maximum Gasteiger partial charge on any atom is 0.261 e. The van der Waals surface area contributed by atoms with Crippen molar-refractivity contribution in [1.82, 2.24) is 24.8 Å². The van der Waals surface area contributed by atoms with Crippen molar-refractivity contribution < 1.29 is 14.7 Å². The summed E-state index contributed by atoms with van der Waals surface area (Å²) < 4.78 is 1.44. The maximum absolute atomic E-state index is 14.0. The largest absolute Gasteiger partial charge is 0.388 e. The van der Waals surface area contributed by atoms with Crippen molar-refractivity contribution in [3.8, 4) is 0 Å². The smallest absolute Gasteiger partial charge is 0.261 e. The molecule has 2 N–H and O–H groups in total. The van der Waals surface area contributed by atoms with Crippen LogP contribution in [-0.2, 0) is 30.6 Å². The zero-order chi connectivity index (χ0) is 35.5. The number of hydrogen-bond acceptors (Lipinski definition) is 6. The molecule has 2 amide bonds. The number of piperidine rings is 1. The van der Waals surface area contributed by atoms with E-state index in [0.717, 1.165) is 58.4 Å². The normalized spacial score (nSPS) is 16.2. The van der Waals surface area contributed by atoms with E-state index in [0.29, 0.717) is 73.2 Å². The third-order valence-electron chi connectivity index (χ3n) is 10.4. The van der Waals surface area contributed by atoms with Crippen LogP contribution in [0.15, 0.2) is 77.9 Å². The lowest BCUT2D eigenvalue weighted by atomic mass is 9.88. The van der Waals surface area contributed by atoms with Crippen LogP contribution in [0.4, 0.5) is 0 Å². The number of carbonyl (C=O) groups excluding carboxylic acids is 2. The van der Waals surface area contributed by atoms with Gasteiger partial charge in [-0.15, -0.1) is 0 Å². The van der Waals surface area contributed by atoms with Crippen LogP contribution in [0.3, 0.4) is 0 Å². The van der Waals surface area contributed by atoms with Gasteiger partial charge >= 0.3 is 0 Å². The van der Waals surface area contributed by atoms with E-state index in [1.54, 1.807) is 24.3 Å². The minimum Gasteiger partial charge on any atom is -0.388 e. The number of halogens is 2. The summed E-state index contributed by atoms with van der Waals surface area (Å²) in [7, 11) is 0. The molecule has 0 bridgehead atoms. The highest BCUT2D eigenvalue weighted by atomic mass is 35.5. The number of aliphatic hydroxyl groups is 1. The number of aromatic nitrogens is 3. The van der Waals surface area contributed by atoms with E-state index < -0.39 is 5.60 Å². The number of hydrogen-bond donors (Lipinski definition) is 2. The minimum atomic E-state index is -1.15. The number of fused-ring (bicyclic) bond motifs is 3. The van der Waals surface area contributed by atoms with Crippen LogP contribution in [0, 0.1) is 5.92 Å². The topological polar surface area (TPSA) is 117 Å². The van der Waals surface area contributed by atoms with Gasteiger partial charge in [0, 0.05) is 47.2 Å². The zero-order valence-corrected chi connectivity index (χ0v) is 29.9. The van der Waals surface area contributed by atoms with Crippen LogP contribution in [0.1, 0.15) is 65.7 Å². The molecule has 3 heterocycles. The molecule has 51 heavy (non-hydrogen) atoms. The Balaban J connectivity index is 0.968. The number of aryl methyl sites for hydroxylation is 1. The molecule has 11 heteroatoms. The molecule has 1 unspecified atom stereocenters. The minimum absolute atomic E-state index is 0.0365. The number of amides is 2. The second-order valence-electron chi connectivity index (χ2n) is 14.0. The molecule has 7 rings (SSSR count). The molecule has 2 aromatic heterocycles. The number of rotatable bonds is 10. The van der Waals surface area contributed by atoms with E-state index in [-0.39, 0.29) is 29.8 Å². The van der Waals surface area contributed by atoms with Gasteiger partial charge in [0.1, 0.15) is 0 Å². The molecule has 1 fully saturated rings. The molecule has 3 aromatic carbocycles. The molecule has 2 aliphatic rings. The first-order valence-electron chi connectivity index (χ1n) is 17.8. The second-order valence-corrected chi connectivity index (χ2v) is 14.8. The van der Waals surface area contributed by atoms with Gasteiger partial charge in [-0.3, -0.25) is 23.9 Å². The lowest BCUT2D eigenvalue weighted by Gasteiger charge is -2.39. The van der Waals surface area contributed by atoms with Crippen molar-refractivity contribution in [2.75, 3.05) is 19.6 Å². The standard InChI is InChI=1S/C40H41Cl2N5O4/c41-29-13-15-32-34(23-29)44-25-47(39(32)50)24-40(51)16-19-46(20-17-40)38(49)28(21-26-7-2-1-3-8-26)9-6-18-43-37(48)27-12-14-31-35(22-27)45-33-11-5-4-10-30(33)36(31)42/h1-3,7-8,12-15,22-23,25,28,51H,4-6,9-11,16-21,24H2,(H,43,48). The Kier molecular flexibility index (Phi) is 10.4. The summed E-state index contributed by atoms with van der Waals surface area (Å²) in [6.45, 7) is 1.28. The first kappa shape index (κ1) is 35.1. The van der Waals surface area contributed by atoms with E-state index in [2.05, 4.69) is 10.3 Å². The van der Waals surface area contributed by atoms with Crippen molar-refractivity contribution >= 4 is 56.8 Å². The fourth-order valence-electron chi connectivity index (χ4n) is 7.49. The van der Waals surface area contributed by atoms with E-state index in [1.165, 1.54) is 10.9 Å². The monoisotopic (exact) mass is 725 g/mol. The van der Waals surface area contributed by atoms with E-state index in [9.17, 15) is 19.5 Å². The second kappa shape index (κ2) is 15.1. The van der Waals surface area contributed by atoms with Crippen molar-refractivity contribution in [1.29, 1.82) is 0 Å². The summed E-state index contributed by atoms with van der Waals surface area (Å²) in [5.41, 5.74) is 3.63. The summed E-state index contributed by atoms with van der Waals surface area (Å²) in [6.07, 6.45) is 7.99. The maximum atomic E-state index is 14.0. The van der Waals surface area contributed by atoms with Crippen molar-refractivity contribution in [3.05, 3.63) is 116 Å². The summed E-state index contributed by atoms with van der Waals surface area (Å²) in [6, 6.07) is 20.4. The van der Waals surface area contributed by atoms with Gasteiger partial charge in [-0.2, -0.15) is 0 Å². The number of nitrogens with one attached hydrogen (secondary N) is 1. The summed E-state index contributed by atoms with van der Waals surface area (Å²) in [4.78, 5) is 51.3. The molecular formula is C40H41Cl2N5O4. The molecular weight excluding hydrogens is 685 g/mol. The predicted octanol–water partition coefficient (Wildman–Crippen LogP) is 6.55. The molecule has 0 spiro atoms. The first-order valence-corrected chi connectivity index (χ1v) is 18.5. The molecule has 1 aliphatic heterocycles. The summed E-state index contributed by atoms with van der Waals surface area (Å²) in [5.74, 6) is -0.430. The highest BCUT2D eigenvalue weighted by Crippen LogP contribution is 2.33. The van der Waals surface area contributed by atoms with Crippen molar-refractivity contribution in [2.24, 2.45) is 5.92 Å². The quantitative estimate of drug-likeness (QED) is 0.158. The number of nitrogens with zero attached hydrogens (tertiary/aromatic N) is 4. The SMILES string of the molecule is O=C(NCCCC(Cc1ccccc1)C(=O)N1CCC(O)(Cn2cnc3cc(Cl)ccc3c2=O)CC1)c1ccc2c(Cl)c3c(nc2c1)CCCC3. The van der Waals surface area contributed by atoms with E-state index in [1.807, 2.05) is 47.4 Å². The van der Waals surface area contributed by atoms with Crippen molar-refractivity contribution in [3.63, 3.8) is 0 Å². The fraction of sp³-hybridized carbons (Fsp3) is 0.375. The van der Waals surface area contributed by atoms with Gasteiger partial charge in [-0.1, -0.05) is 59.6 Å². The van der Waals surface area contributed by atoms with Gasteiger partial charge in [0.05, 0.1) is 39.9 Å². The van der Waals surface area contributed by atoms with Crippen LogP contribution < -0.4 is 10.9 Å². The summed E-state index contributed by atoms with van der Waals surface area (Å²) in [5, 5.41) is 17.1. The lowest BCUT2D eigenvalue weighted by Crippen LogP contribution is -2.51. The summed E-state index contributed by atoms with van der Waals surface area (Å²) >= 11 is 12.8. The van der Waals surface area contributed by atoms with Gasteiger partial charge in [0.15, 0.2) is 0 Å². The number of pyridine rings is 1. The Labute approximate surface area is 306 Å². The number of likely N-dealkylation sites (tertiary alicyclic amines) is 1. The lowest BCUT2D eigenvalue weighted by molar-refractivity contribution is -0.140. The Hall–Kier alpha value is -4.31. The third-order valence-corrected chi connectivity index (χ3v) is 11.1. The zero-order valence-electron chi connectivity index (χ0n) is 28.4. The van der Waals surface area contributed by atoms with Crippen LogP contribution in [-0.4, -0.2) is 61.6 Å². The molecule has 264 valence electrons. The van der Waals surface area contributed by atoms with Gasteiger partial charge in [-0.05, 0) is 99.2 Å². The number of benzene rings is 3. The van der Waals surface area contributed by atoms with Gasteiger partial charge in [0.2, 0.25) is 5.91 Å². The Morgan fingerprint density at radius 2 is 1.71 bits per heavy atom. The Bertz CT molecular complexity index is 2150. The van der Waals surface area contributed by atoms with Crippen LogP contribution >= 0.6 is 23.2 Å². The van der Waals surface area contributed by atoms with Crippen LogP contribution in [0.25, 0.3) is 21.8 Å². The first-order chi connectivity index (χ1) is 24.7. The van der Waals surface area contributed by atoms with Crippen LogP contribution in [0.5, 0.6) is 0 Å². The van der Waals surface area contributed by atoms with E-state index >= 15 is 0 Å². The Morgan fingerprint density at radius 3 is 2.51 bits per heavy atom. The molecule has 0 saturated carbocycles. The van der Waals surface area contributed by atoms with Gasteiger partial charge < -0.3 is 15.3 Å².